The Balaban J connectivity index is 1.54. The number of carbonyl (C=O) groups is 1. The summed E-state index contributed by atoms with van der Waals surface area (Å²) < 4.78 is 16.0. The van der Waals surface area contributed by atoms with E-state index in [0.717, 1.165) is 39.3 Å². The van der Waals surface area contributed by atoms with Crippen LogP contribution in [0.4, 0.5) is 0 Å². The average Bonchev–Trinajstić information content (AvgIpc) is 3.22. The molecule has 0 unspecified atom stereocenters. The van der Waals surface area contributed by atoms with E-state index in [1.807, 2.05) is 0 Å². The standard InChI is InChI=1S/C19H26ClN3O5/c1-25-16-12-17(26-2)14(20)10-13(16)15-11-18(28-22-15)19(24)21-4-3-5-23-6-8-27-9-7-23/h10-12,18,22H,3-9H2,1-2H3,(H,21,24)/p+1/t18-/m1/s1. The van der Waals surface area contributed by atoms with Crippen molar-refractivity contribution in [2.45, 2.75) is 12.5 Å². The molecule has 28 heavy (non-hydrogen) atoms. The van der Waals surface area contributed by atoms with E-state index in [9.17, 15) is 4.79 Å². The van der Waals surface area contributed by atoms with Gasteiger partial charge in [0.15, 0.2) is 6.10 Å². The predicted octanol–water partition coefficient (Wildman–Crippen LogP) is 0.0229. The van der Waals surface area contributed by atoms with Crippen molar-refractivity contribution in [1.29, 1.82) is 0 Å². The van der Waals surface area contributed by atoms with Gasteiger partial charge in [-0.15, -0.1) is 0 Å². The van der Waals surface area contributed by atoms with Crippen molar-refractivity contribution in [1.82, 2.24) is 10.8 Å². The Labute approximate surface area is 169 Å². The third-order valence-corrected chi connectivity index (χ3v) is 5.14. The number of carbonyl (C=O) groups excluding carboxylic acids is 1. The molecule has 3 N–H and O–H groups in total. The number of amides is 1. The maximum atomic E-state index is 12.4. The molecule has 1 fully saturated rings. The topological polar surface area (TPSA) is 82.5 Å². The molecule has 0 spiro atoms. The lowest BCUT2D eigenvalue weighted by Crippen LogP contribution is -3.14. The largest absolute Gasteiger partial charge is 0.496 e. The minimum atomic E-state index is -0.712. The van der Waals surface area contributed by atoms with Gasteiger partial charge in [0.1, 0.15) is 24.6 Å². The van der Waals surface area contributed by atoms with E-state index in [4.69, 9.17) is 30.6 Å². The van der Waals surface area contributed by atoms with Crippen molar-refractivity contribution in [3.8, 4) is 11.5 Å². The van der Waals surface area contributed by atoms with Crippen molar-refractivity contribution in [3.63, 3.8) is 0 Å². The van der Waals surface area contributed by atoms with Crippen LogP contribution in [-0.4, -0.2) is 65.6 Å². The molecule has 0 saturated carbocycles. The van der Waals surface area contributed by atoms with Crippen LogP contribution in [0.2, 0.25) is 5.02 Å². The molecule has 154 valence electrons. The molecule has 1 atom stereocenters. The lowest BCUT2D eigenvalue weighted by molar-refractivity contribution is -0.908. The van der Waals surface area contributed by atoms with Gasteiger partial charge in [-0.3, -0.25) is 15.1 Å². The number of hydrogen-bond acceptors (Lipinski definition) is 6. The lowest BCUT2D eigenvalue weighted by atomic mass is 10.1. The third kappa shape index (κ3) is 5.08. The molecule has 8 nitrogen and oxygen atoms in total. The average molecular weight is 413 g/mol. The molecule has 2 aliphatic heterocycles. The Morgan fingerprint density at radius 3 is 2.75 bits per heavy atom. The number of hydrogen-bond donors (Lipinski definition) is 3. The van der Waals surface area contributed by atoms with E-state index in [2.05, 4.69) is 10.8 Å². The highest BCUT2D eigenvalue weighted by Crippen LogP contribution is 2.36. The molecule has 1 saturated heterocycles. The Bertz CT molecular complexity index is 722. The van der Waals surface area contributed by atoms with Gasteiger partial charge in [0.2, 0.25) is 0 Å². The summed E-state index contributed by atoms with van der Waals surface area (Å²) in [4.78, 5) is 19.3. The summed E-state index contributed by atoms with van der Waals surface area (Å²) in [6.45, 7) is 5.33. The number of methoxy groups -OCH3 is 2. The molecular weight excluding hydrogens is 386 g/mol. The fourth-order valence-electron chi connectivity index (χ4n) is 3.25. The summed E-state index contributed by atoms with van der Waals surface area (Å²) in [5.41, 5.74) is 4.11. The molecule has 0 aromatic heterocycles. The molecular formula is C19H27ClN3O5+. The number of ether oxygens (including phenoxy) is 3. The first-order chi connectivity index (χ1) is 13.6. The van der Waals surface area contributed by atoms with Gasteiger partial charge in [0, 0.05) is 24.6 Å². The van der Waals surface area contributed by atoms with Gasteiger partial charge >= 0.3 is 0 Å². The molecule has 3 rings (SSSR count). The smallest absolute Gasteiger partial charge is 0.256 e. The molecule has 2 aliphatic rings. The Hall–Kier alpha value is -2.00. The van der Waals surface area contributed by atoms with Crippen molar-refractivity contribution >= 4 is 23.2 Å². The fraction of sp³-hybridized carbons (Fsp3) is 0.526. The van der Waals surface area contributed by atoms with Crippen LogP contribution in [0.5, 0.6) is 11.5 Å². The lowest BCUT2D eigenvalue weighted by Gasteiger charge is -2.23. The number of rotatable bonds is 8. The highest BCUT2D eigenvalue weighted by molar-refractivity contribution is 6.32. The highest BCUT2D eigenvalue weighted by atomic mass is 35.5. The molecule has 2 heterocycles. The number of nitrogens with one attached hydrogen (secondary N) is 3. The van der Waals surface area contributed by atoms with Gasteiger partial charge in [-0.2, -0.15) is 0 Å². The fourth-order valence-corrected chi connectivity index (χ4v) is 3.49. The molecule has 1 amide bonds. The normalized spacial score (nSPS) is 19.7. The van der Waals surface area contributed by atoms with Crippen LogP contribution in [0.25, 0.3) is 5.70 Å². The summed E-state index contributed by atoms with van der Waals surface area (Å²) in [5, 5.41) is 3.37. The Kier molecular flexibility index (Phi) is 7.38. The van der Waals surface area contributed by atoms with Crippen molar-refractivity contribution < 1.29 is 28.7 Å². The van der Waals surface area contributed by atoms with E-state index in [0.29, 0.717) is 34.3 Å². The van der Waals surface area contributed by atoms with Gasteiger partial charge in [-0.1, -0.05) is 11.6 Å². The van der Waals surface area contributed by atoms with Crippen LogP contribution in [-0.2, 0) is 14.4 Å². The van der Waals surface area contributed by atoms with Gasteiger partial charge in [0.25, 0.3) is 5.91 Å². The van der Waals surface area contributed by atoms with Crippen LogP contribution in [0, 0.1) is 0 Å². The maximum Gasteiger partial charge on any atom is 0.256 e. The molecule has 0 radical (unpaired) electrons. The first-order valence-corrected chi connectivity index (χ1v) is 9.74. The first kappa shape index (κ1) is 20.7. The van der Waals surface area contributed by atoms with Crippen LogP contribution < -0.4 is 25.2 Å². The van der Waals surface area contributed by atoms with E-state index < -0.39 is 6.10 Å². The summed E-state index contributed by atoms with van der Waals surface area (Å²) in [5.74, 6) is 0.898. The minimum absolute atomic E-state index is 0.182. The van der Waals surface area contributed by atoms with Gasteiger partial charge in [-0.05, 0) is 12.1 Å². The summed E-state index contributed by atoms with van der Waals surface area (Å²) in [6, 6.07) is 3.41. The second kappa shape index (κ2) is 9.97. The van der Waals surface area contributed by atoms with Gasteiger partial charge in [-0.25, -0.2) is 0 Å². The Morgan fingerprint density at radius 1 is 1.29 bits per heavy atom. The van der Waals surface area contributed by atoms with Crippen molar-refractivity contribution in [2.75, 3.05) is 53.6 Å². The van der Waals surface area contributed by atoms with Gasteiger partial charge < -0.3 is 24.4 Å². The summed E-state index contributed by atoms with van der Waals surface area (Å²) in [7, 11) is 3.10. The van der Waals surface area contributed by atoms with E-state index in [1.165, 1.54) is 12.0 Å². The van der Waals surface area contributed by atoms with E-state index in [-0.39, 0.29) is 5.91 Å². The Morgan fingerprint density at radius 2 is 2.04 bits per heavy atom. The van der Waals surface area contributed by atoms with Crippen LogP contribution in [0.3, 0.4) is 0 Å². The molecule has 0 bridgehead atoms. The number of hydroxylamine groups is 1. The van der Waals surface area contributed by atoms with Crippen LogP contribution >= 0.6 is 11.6 Å². The number of halogens is 1. The number of morpholine rings is 1. The second-order valence-corrected chi connectivity index (χ2v) is 7.07. The predicted molar refractivity (Wildman–Crippen MR) is 105 cm³/mol. The quantitative estimate of drug-likeness (QED) is 0.522. The number of benzene rings is 1. The molecule has 0 aliphatic carbocycles. The van der Waals surface area contributed by atoms with E-state index >= 15 is 0 Å². The van der Waals surface area contributed by atoms with Gasteiger partial charge in [0.05, 0.1) is 44.7 Å². The summed E-state index contributed by atoms with van der Waals surface area (Å²) in [6.07, 6.45) is 1.92. The van der Waals surface area contributed by atoms with E-state index in [1.54, 1.807) is 25.3 Å². The SMILES string of the molecule is COc1cc(OC)c(C2=C[C@H](C(=O)NCCC[NH+]3CCOCC3)ON2)cc1Cl. The van der Waals surface area contributed by atoms with Crippen molar-refractivity contribution in [3.05, 3.63) is 28.8 Å². The molecule has 1 aromatic rings. The zero-order valence-electron chi connectivity index (χ0n) is 16.2. The minimum Gasteiger partial charge on any atom is -0.496 e. The zero-order chi connectivity index (χ0) is 19.9. The van der Waals surface area contributed by atoms with Crippen LogP contribution in [0.15, 0.2) is 18.2 Å². The second-order valence-electron chi connectivity index (χ2n) is 6.66. The molecule has 9 heteroatoms. The first-order valence-electron chi connectivity index (χ1n) is 9.36. The zero-order valence-corrected chi connectivity index (χ0v) is 16.9. The summed E-state index contributed by atoms with van der Waals surface area (Å²) >= 11 is 6.22. The highest BCUT2D eigenvalue weighted by Gasteiger charge is 2.26. The monoisotopic (exact) mass is 412 g/mol. The maximum absolute atomic E-state index is 12.4. The number of quaternary nitrogens is 1. The molecule has 1 aromatic carbocycles. The van der Waals surface area contributed by atoms with Crippen molar-refractivity contribution in [2.24, 2.45) is 0 Å². The van der Waals surface area contributed by atoms with Crippen LogP contribution in [0.1, 0.15) is 12.0 Å². The third-order valence-electron chi connectivity index (χ3n) is 4.84.